The van der Waals surface area contributed by atoms with E-state index in [1.165, 1.54) is 25.7 Å². The first-order valence-electron chi connectivity index (χ1n) is 7.08. The van der Waals surface area contributed by atoms with E-state index in [-0.39, 0.29) is 0 Å². The molecule has 1 aromatic heterocycles. The lowest BCUT2D eigenvalue weighted by Gasteiger charge is -2.29. The maximum absolute atomic E-state index is 5.40. The van der Waals surface area contributed by atoms with Gasteiger partial charge in [0.05, 0.1) is 12.8 Å². The van der Waals surface area contributed by atoms with E-state index >= 15 is 0 Å². The predicted molar refractivity (Wildman–Crippen MR) is 80.2 cm³/mol. The van der Waals surface area contributed by atoms with Gasteiger partial charge in [-0.3, -0.25) is 0 Å². The molecule has 1 N–H and O–H groups in total. The average molecular weight is 263 g/mol. The first-order valence-corrected chi connectivity index (χ1v) is 7.08. The Morgan fingerprint density at radius 2 is 1.95 bits per heavy atom. The van der Waals surface area contributed by atoms with E-state index in [0.29, 0.717) is 11.9 Å². The number of pyridine rings is 1. The van der Waals surface area contributed by atoms with Crippen LogP contribution in [0.4, 0.5) is 11.4 Å². The van der Waals surface area contributed by atoms with E-state index in [4.69, 9.17) is 4.74 Å². The van der Waals surface area contributed by atoms with Crippen LogP contribution in [-0.2, 0) is 0 Å². The minimum Gasteiger partial charge on any atom is -0.479 e. The number of rotatable bonds is 4. The third kappa shape index (κ3) is 3.31. The highest BCUT2D eigenvalue weighted by atomic mass is 16.5. The van der Waals surface area contributed by atoms with Crippen molar-refractivity contribution in [3.8, 4) is 5.88 Å². The van der Waals surface area contributed by atoms with Crippen LogP contribution in [0.1, 0.15) is 32.6 Å². The van der Waals surface area contributed by atoms with Gasteiger partial charge in [-0.25, -0.2) is 4.98 Å². The number of nitrogens with zero attached hydrogens (tertiary/aromatic N) is 2. The molecule has 0 radical (unpaired) electrons. The van der Waals surface area contributed by atoms with Crippen molar-refractivity contribution in [3.63, 3.8) is 0 Å². The maximum Gasteiger partial charge on any atom is 0.239 e. The zero-order chi connectivity index (χ0) is 13.8. The third-order valence-electron chi connectivity index (χ3n) is 3.93. The fourth-order valence-electron chi connectivity index (χ4n) is 2.70. The quantitative estimate of drug-likeness (QED) is 0.905. The molecule has 1 aliphatic rings. The normalized spacial score (nSPS) is 22.9. The molecule has 19 heavy (non-hydrogen) atoms. The van der Waals surface area contributed by atoms with Gasteiger partial charge in [-0.2, -0.15) is 0 Å². The smallest absolute Gasteiger partial charge is 0.239 e. The van der Waals surface area contributed by atoms with E-state index in [9.17, 15) is 0 Å². The Hall–Kier alpha value is -1.45. The molecule has 0 spiro atoms. The van der Waals surface area contributed by atoms with E-state index in [1.807, 2.05) is 20.2 Å². The topological polar surface area (TPSA) is 37.4 Å². The summed E-state index contributed by atoms with van der Waals surface area (Å²) < 4.78 is 5.40. The highest BCUT2D eigenvalue weighted by Crippen LogP contribution is 2.35. The highest BCUT2D eigenvalue weighted by Gasteiger charge is 2.21. The molecule has 1 aliphatic carbocycles. The Kier molecular flexibility index (Phi) is 4.51. The lowest BCUT2D eigenvalue weighted by atomic mass is 9.87. The number of ether oxygens (including phenoxy) is 1. The SMILES string of the molecule is COc1nccc(N(C)C)c1NC1CCC(C)CC1. The Morgan fingerprint density at radius 1 is 1.26 bits per heavy atom. The lowest BCUT2D eigenvalue weighted by Crippen LogP contribution is -2.26. The molecule has 0 atom stereocenters. The Labute approximate surface area is 116 Å². The van der Waals surface area contributed by atoms with Crippen LogP contribution >= 0.6 is 0 Å². The van der Waals surface area contributed by atoms with Gasteiger partial charge in [-0.1, -0.05) is 6.92 Å². The van der Waals surface area contributed by atoms with Crippen LogP contribution in [0.15, 0.2) is 12.3 Å². The molecular formula is C15H25N3O. The molecule has 0 amide bonds. The molecule has 4 heteroatoms. The largest absolute Gasteiger partial charge is 0.479 e. The predicted octanol–water partition coefficient (Wildman–Crippen LogP) is 3.15. The van der Waals surface area contributed by atoms with Gasteiger partial charge in [0.25, 0.3) is 0 Å². The van der Waals surface area contributed by atoms with Gasteiger partial charge in [-0.05, 0) is 37.7 Å². The molecule has 2 rings (SSSR count). The zero-order valence-electron chi connectivity index (χ0n) is 12.4. The van der Waals surface area contributed by atoms with Crippen molar-refractivity contribution in [2.45, 2.75) is 38.6 Å². The van der Waals surface area contributed by atoms with Crippen LogP contribution in [0, 0.1) is 5.92 Å². The first kappa shape index (κ1) is 14.0. The van der Waals surface area contributed by atoms with Crippen LogP contribution in [0.25, 0.3) is 0 Å². The monoisotopic (exact) mass is 263 g/mol. The number of aromatic nitrogens is 1. The van der Waals surface area contributed by atoms with Crippen molar-refractivity contribution in [3.05, 3.63) is 12.3 Å². The summed E-state index contributed by atoms with van der Waals surface area (Å²) in [5, 5.41) is 3.64. The second-order valence-corrected chi connectivity index (χ2v) is 5.71. The summed E-state index contributed by atoms with van der Waals surface area (Å²) in [5.74, 6) is 1.55. The Bertz CT molecular complexity index is 412. The summed E-state index contributed by atoms with van der Waals surface area (Å²) in [6.07, 6.45) is 6.86. The second-order valence-electron chi connectivity index (χ2n) is 5.71. The van der Waals surface area contributed by atoms with Gasteiger partial charge < -0.3 is 15.0 Å². The number of hydrogen-bond acceptors (Lipinski definition) is 4. The fourth-order valence-corrected chi connectivity index (χ4v) is 2.70. The fraction of sp³-hybridized carbons (Fsp3) is 0.667. The molecule has 0 saturated heterocycles. The molecule has 0 bridgehead atoms. The first-order chi connectivity index (χ1) is 9.11. The van der Waals surface area contributed by atoms with Crippen LogP contribution in [0.3, 0.4) is 0 Å². The molecule has 106 valence electrons. The highest BCUT2D eigenvalue weighted by molar-refractivity contribution is 5.74. The lowest BCUT2D eigenvalue weighted by molar-refractivity contribution is 0.358. The van der Waals surface area contributed by atoms with Gasteiger partial charge in [0.1, 0.15) is 5.69 Å². The van der Waals surface area contributed by atoms with Gasteiger partial charge in [-0.15, -0.1) is 0 Å². The summed E-state index contributed by atoms with van der Waals surface area (Å²) >= 11 is 0. The van der Waals surface area contributed by atoms with Crippen molar-refractivity contribution in [1.82, 2.24) is 4.98 Å². The summed E-state index contributed by atoms with van der Waals surface area (Å²) in [7, 11) is 5.77. The van der Waals surface area contributed by atoms with Crippen molar-refractivity contribution in [1.29, 1.82) is 0 Å². The van der Waals surface area contributed by atoms with Crippen LogP contribution in [0.2, 0.25) is 0 Å². The van der Waals surface area contributed by atoms with E-state index in [1.54, 1.807) is 13.3 Å². The van der Waals surface area contributed by atoms with E-state index in [0.717, 1.165) is 17.3 Å². The van der Waals surface area contributed by atoms with Gasteiger partial charge in [0, 0.05) is 26.3 Å². The van der Waals surface area contributed by atoms with Crippen LogP contribution < -0.4 is 15.0 Å². The van der Waals surface area contributed by atoms with Crippen molar-refractivity contribution in [2.24, 2.45) is 5.92 Å². The summed E-state index contributed by atoms with van der Waals surface area (Å²) in [6, 6.07) is 2.56. The standard InChI is InChI=1S/C15H25N3O/c1-11-5-7-12(8-6-11)17-14-13(18(2)3)9-10-16-15(14)19-4/h9-12,17H,5-8H2,1-4H3. The zero-order valence-corrected chi connectivity index (χ0v) is 12.4. The molecule has 1 fully saturated rings. The number of nitrogens with one attached hydrogen (secondary N) is 1. The third-order valence-corrected chi connectivity index (χ3v) is 3.93. The number of hydrogen-bond donors (Lipinski definition) is 1. The van der Waals surface area contributed by atoms with Gasteiger partial charge in [0.15, 0.2) is 0 Å². The minimum absolute atomic E-state index is 0.535. The van der Waals surface area contributed by atoms with Gasteiger partial charge >= 0.3 is 0 Å². The van der Waals surface area contributed by atoms with E-state index in [2.05, 4.69) is 22.1 Å². The summed E-state index contributed by atoms with van der Waals surface area (Å²) in [5.41, 5.74) is 2.15. The van der Waals surface area contributed by atoms with E-state index < -0.39 is 0 Å². The Balaban J connectivity index is 2.18. The maximum atomic E-state index is 5.40. The van der Waals surface area contributed by atoms with Crippen molar-refractivity contribution >= 4 is 11.4 Å². The molecule has 1 saturated carbocycles. The number of methoxy groups -OCH3 is 1. The second kappa shape index (κ2) is 6.13. The van der Waals surface area contributed by atoms with Crippen LogP contribution in [0.5, 0.6) is 5.88 Å². The number of anilines is 2. The van der Waals surface area contributed by atoms with Crippen molar-refractivity contribution in [2.75, 3.05) is 31.4 Å². The van der Waals surface area contributed by atoms with Crippen LogP contribution in [-0.4, -0.2) is 32.2 Å². The summed E-state index contributed by atoms with van der Waals surface area (Å²) in [6.45, 7) is 2.34. The Morgan fingerprint density at radius 3 is 2.53 bits per heavy atom. The minimum atomic E-state index is 0.535. The molecule has 0 aromatic carbocycles. The molecule has 0 unspecified atom stereocenters. The molecule has 0 aliphatic heterocycles. The molecule has 1 heterocycles. The molecule has 1 aromatic rings. The van der Waals surface area contributed by atoms with Crippen molar-refractivity contribution < 1.29 is 4.74 Å². The average Bonchev–Trinajstić information content (AvgIpc) is 2.41. The molecular weight excluding hydrogens is 238 g/mol. The van der Waals surface area contributed by atoms with Gasteiger partial charge in [0.2, 0.25) is 5.88 Å². The summed E-state index contributed by atoms with van der Waals surface area (Å²) in [4.78, 5) is 6.40. The molecule has 4 nitrogen and oxygen atoms in total.